The van der Waals surface area contributed by atoms with Gasteiger partial charge in [-0.15, -0.1) is 12.4 Å². The Labute approximate surface area is 138 Å². The molecule has 2 aliphatic rings. The van der Waals surface area contributed by atoms with Gasteiger partial charge in [-0.1, -0.05) is 18.9 Å². The van der Waals surface area contributed by atoms with E-state index in [9.17, 15) is 5.11 Å². The minimum Gasteiger partial charge on any atom is -0.493 e. The first kappa shape index (κ1) is 17.4. The number of methoxy groups -OCH3 is 2. The first-order chi connectivity index (χ1) is 10.2. The van der Waals surface area contributed by atoms with E-state index >= 15 is 0 Å². The molecule has 1 aliphatic heterocycles. The number of hydrogen-bond donors (Lipinski definition) is 2. The Morgan fingerprint density at radius 2 is 1.91 bits per heavy atom. The highest BCUT2D eigenvalue weighted by molar-refractivity contribution is 5.85. The van der Waals surface area contributed by atoms with Gasteiger partial charge in [-0.05, 0) is 43.5 Å². The zero-order valence-electron chi connectivity index (χ0n) is 13.3. The second kappa shape index (κ2) is 7.07. The highest BCUT2D eigenvalue weighted by atomic mass is 35.5. The molecule has 1 heterocycles. The van der Waals surface area contributed by atoms with Crippen molar-refractivity contribution in [3.05, 3.63) is 23.8 Å². The Kier molecular flexibility index (Phi) is 5.59. The number of fused-ring (bicyclic) bond motifs is 1. The second-order valence-corrected chi connectivity index (χ2v) is 6.25. The average Bonchev–Trinajstić information content (AvgIpc) is 2.53. The summed E-state index contributed by atoms with van der Waals surface area (Å²) in [7, 11) is 3.31. The zero-order chi connectivity index (χ0) is 14.9. The predicted molar refractivity (Wildman–Crippen MR) is 89.1 cm³/mol. The Bertz CT molecular complexity index is 507. The van der Waals surface area contributed by atoms with Crippen LogP contribution in [0.3, 0.4) is 0 Å². The normalized spacial score (nSPS) is 30.9. The molecular weight excluding hydrogens is 302 g/mol. The Morgan fingerprint density at radius 3 is 2.64 bits per heavy atom. The topological polar surface area (TPSA) is 50.7 Å². The first-order valence-electron chi connectivity index (χ1n) is 7.85. The lowest BCUT2D eigenvalue weighted by molar-refractivity contribution is -0.0861. The van der Waals surface area contributed by atoms with E-state index in [1.807, 2.05) is 12.1 Å². The van der Waals surface area contributed by atoms with Crippen LogP contribution in [0.4, 0.5) is 0 Å². The third-order valence-electron chi connectivity index (χ3n) is 5.16. The van der Waals surface area contributed by atoms with Crippen LogP contribution in [0.1, 0.15) is 43.7 Å². The summed E-state index contributed by atoms with van der Waals surface area (Å²) in [5.74, 6) is 1.79. The molecule has 1 aromatic carbocycles. The number of halogens is 1. The van der Waals surface area contributed by atoms with Crippen LogP contribution in [0.15, 0.2) is 18.2 Å². The molecule has 0 amide bonds. The largest absolute Gasteiger partial charge is 0.493 e. The van der Waals surface area contributed by atoms with Gasteiger partial charge in [-0.25, -0.2) is 0 Å². The smallest absolute Gasteiger partial charge is 0.161 e. The highest BCUT2D eigenvalue weighted by Crippen LogP contribution is 2.46. The van der Waals surface area contributed by atoms with E-state index in [4.69, 9.17) is 9.47 Å². The van der Waals surface area contributed by atoms with E-state index in [-0.39, 0.29) is 24.4 Å². The number of nitrogens with one attached hydrogen (secondary N) is 1. The number of benzene rings is 1. The molecule has 1 aromatic rings. The fourth-order valence-electron chi connectivity index (χ4n) is 4.02. The lowest BCUT2D eigenvalue weighted by Crippen LogP contribution is -2.53. The van der Waals surface area contributed by atoms with Gasteiger partial charge in [0.05, 0.1) is 19.8 Å². The van der Waals surface area contributed by atoms with Crippen LogP contribution in [0, 0.1) is 5.92 Å². The summed E-state index contributed by atoms with van der Waals surface area (Å²) < 4.78 is 10.7. The number of piperidine rings is 1. The standard InChI is InChI=1S/C17H25NO3.ClH/c1-20-14-7-6-12(11-15(14)21-2)16-13-5-3-4-8-17(13,19)9-10-18-16;/h6-7,11,13,16,18-19H,3-5,8-10H2,1-2H3;1H. The van der Waals surface area contributed by atoms with Crippen molar-refractivity contribution in [3.8, 4) is 11.5 Å². The second-order valence-electron chi connectivity index (χ2n) is 6.25. The molecule has 3 rings (SSSR count). The zero-order valence-corrected chi connectivity index (χ0v) is 14.1. The van der Waals surface area contributed by atoms with Crippen molar-refractivity contribution in [1.29, 1.82) is 0 Å². The maximum atomic E-state index is 11.0. The maximum absolute atomic E-state index is 11.0. The molecule has 5 heteroatoms. The predicted octanol–water partition coefficient (Wildman–Crippen LogP) is 3.08. The molecule has 22 heavy (non-hydrogen) atoms. The van der Waals surface area contributed by atoms with Gasteiger partial charge in [0.1, 0.15) is 0 Å². The average molecular weight is 328 g/mol. The summed E-state index contributed by atoms with van der Waals surface area (Å²) in [6.45, 7) is 0.867. The molecule has 0 radical (unpaired) electrons. The minimum absolute atomic E-state index is 0. The summed E-state index contributed by atoms with van der Waals surface area (Å²) in [4.78, 5) is 0. The van der Waals surface area contributed by atoms with Crippen LogP contribution in [-0.4, -0.2) is 31.5 Å². The number of ether oxygens (including phenoxy) is 2. The third kappa shape index (κ3) is 3.05. The van der Waals surface area contributed by atoms with Crippen molar-refractivity contribution in [2.45, 2.75) is 43.7 Å². The van der Waals surface area contributed by atoms with Crippen molar-refractivity contribution in [2.24, 2.45) is 5.92 Å². The molecule has 1 aliphatic carbocycles. The summed E-state index contributed by atoms with van der Waals surface area (Å²) in [5, 5.41) is 14.5. The Morgan fingerprint density at radius 1 is 1.14 bits per heavy atom. The van der Waals surface area contributed by atoms with Crippen LogP contribution in [0.5, 0.6) is 11.5 Å². The third-order valence-corrected chi connectivity index (χ3v) is 5.16. The molecule has 3 atom stereocenters. The van der Waals surface area contributed by atoms with E-state index in [0.717, 1.165) is 43.7 Å². The summed E-state index contributed by atoms with van der Waals surface area (Å²) in [6.07, 6.45) is 5.23. The molecule has 124 valence electrons. The van der Waals surface area contributed by atoms with E-state index in [2.05, 4.69) is 11.4 Å². The van der Waals surface area contributed by atoms with Crippen molar-refractivity contribution in [1.82, 2.24) is 5.32 Å². The molecule has 2 N–H and O–H groups in total. The molecule has 3 unspecified atom stereocenters. The van der Waals surface area contributed by atoms with Crippen LogP contribution < -0.4 is 14.8 Å². The van der Waals surface area contributed by atoms with Crippen molar-refractivity contribution in [3.63, 3.8) is 0 Å². The van der Waals surface area contributed by atoms with Crippen LogP contribution >= 0.6 is 12.4 Å². The number of rotatable bonds is 3. The lowest BCUT2D eigenvalue weighted by Gasteiger charge is -2.48. The fraction of sp³-hybridized carbons (Fsp3) is 0.647. The first-order valence-corrected chi connectivity index (χ1v) is 7.85. The summed E-state index contributed by atoms with van der Waals surface area (Å²) >= 11 is 0. The van der Waals surface area contributed by atoms with E-state index < -0.39 is 5.60 Å². The number of aliphatic hydroxyl groups is 1. The maximum Gasteiger partial charge on any atom is 0.161 e. The van der Waals surface area contributed by atoms with Crippen LogP contribution in [0.25, 0.3) is 0 Å². The van der Waals surface area contributed by atoms with Crippen molar-refractivity contribution >= 4 is 12.4 Å². The van der Waals surface area contributed by atoms with Gasteiger partial charge in [0.25, 0.3) is 0 Å². The Balaban J connectivity index is 0.00000176. The molecule has 2 fully saturated rings. The van der Waals surface area contributed by atoms with Crippen LogP contribution in [0.2, 0.25) is 0 Å². The summed E-state index contributed by atoms with van der Waals surface area (Å²) in [6, 6.07) is 6.27. The van der Waals surface area contributed by atoms with E-state index in [1.54, 1.807) is 14.2 Å². The van der Waals surface area contributed by atoms with E-state index in [0.29, 0.717) is 0 Å². The fourth-order valence-corrected chi connectivity index (χ4v) is 4.02. The lowest BCUT2D eigenvalue weighted by atomic mass is 9.67. The molecule has 1 saturated heterocycles. The highest BCUT2D eigenvalue weighted by Gasteiger charge is 2.45. The van der Waals surface area contributed by atoms with Gasteiger partial charge in [-0.3, -0.25) is 0 Å². The molecule has 0 spiro atoms. The molecule has 4 nitrogen and oxygen atoms in total. The molecule has 0 bridgehead atoms. The van der Waals surface area contributed by atoms with Gasteiger partial charge in [0.2, 0.25) is 0 Å². The monoisotopic (exact) mass is 327 g/mol. The Hall–Kier alpha value is -0.970. The van der Waals surface area contributed by atoms with Gasteiger partial charge < -0.3 is 19.9 Å². The molecule has 1 saturated carbocycles. The quantitative estimate of drug-likeness (QED) is 0.895. The number of hydrogen-bond acceptors (Lipinski definition) is 4. The SMILES string of the molecule is COc1ccc(C2NCCC3(O)CCCCC23)cc1OC.Cl. The molecule has 0 aromatic heterocycles. The van der Waals surface area contributed by atoms with Gasteiger partial charge in [-0.2, -0.15) is 0 Å². The minimum atomic E-state index is -0.499. The van der Waals surface area contributed by atoms with Gasteiger partial charge >= 0.3 is 0 Å². The molecular formula is C17H26ClNO3. The van der Waals surface area contributed by atoms with Crippen molar-refractivity contribution in [2.75, 3.05) is 20.8 Å². The van der Waals surface area contributed by atoms with Gasteiger partial charge in [0, 0.05) is 12.0 Å². The van der Waals surface area contributed by atoms with Gasteiger partial charge in [0.15, 0.2) is 11.5 Å². The van der Waals surface area contributed by atoms with Crippen molar-refractivity contribution < 1.29 is 14.6 Å². The van der Waals surface area contributed by atoms with E-state index in [1.165, 1.54) is 12.0 Å². The van der Waals surface area contributed by atoms with Crippen LogP contribution in [-0.2, 0) is 0 Å². The summed E-state index contributed by atoms with van der Waals surface area (Å²) in [5.41, 5.74) is 0.680.